The number of nitrogens with zero attached hydrogens (tertiary/aromatic N) is 3. The van der Waals surface area contributed by atoms with Crippen LogP contribution in [0.3, 0.4) is 0 Å². The molecule has 1 fully saturated rings. The van der Waals surface area contributed by atoms with Crippen molar-refractivity contribution < 1.29 is 4.79 Å². The molecule has 1 aromatic heterocycles. The van der Waals surface area contributed by atoms with Gasteiger partial charge < -0.3 is 10.2 Å². The van der Waals surface area contributed by atoms with Gasteiger partial charge in [-0.2, -0.15) is 0 Å². The highest BCUT2D eigenvalue weighted by atomic mass is 16.1. The first-order valence-corrected chi connectivity index (χ1v) is 8.74. The van der Waals surface area contributed by atoms with Gasteiger partial charge in [0.05, 0.1) is 0 Å². The molecule has 4 rings (SSSR count). The molecule has 2 aliphatic rings. The monoisotopic (exact) mass is 322 g/mol. The van der Waals surface area contributed by atoms with E-state index in [2.05, 4.69) is 44.5 Å². The lowest BCUT2D eigenvalue weighted by atomic mass is 10.00. The summed E-state index contributed by atoms with van der Waals surface area (Å²) in [7, 11) is 0. The molecule has 1 aliphatic heterocycles. The van der Waals surface area contributed by atoms with E-state index in [1.54, 1.807) is 0 Å². The van der Waals surface area contributed by atoms with E-state index in [4.69, 9.17) is 0 Å². The molecule has 1 N–H and O–H groups in total. The zero-order valence-electron chi connectivity index (χ0n) is 13.7. The number of hydrogen-bond donors (Lipinski definition) is 1. The third-order valence-electron chi connectivity index (χ3n) is 5.03. The number of nitrogens with one attached hydrogen (secondary N) is 1. The quantitative estimate of drug-likeness (QED) is 0.944. The number of carbonyl (C=O) groups excluding carboxylic acids is 1. The highest BCUT2D eigenvalue weighted by Crippen LogP contribution is 2.23. The van der Waals surface area contributed by atoms with Crippen molar-refractivity contribution in [2.24, 2.45) is 0 Å². The molecule has 1 saturated carbocycles. The highest BCUT2D eigenvalue weighted by Gasteiger charge is 2.21. The highest BCUT2D eigenvalue weighted by molar-refractivity contribution is 5.93. The van der Waals surface area contributed by atoms with Crippen LogP contribution in [0.1, 0.15) is 47.3 Å². The first-order valence-electron chi connectivity index (χ1n) is 8.74. The third-order valence-corrected chi connectivity index (χ3v) is 5.03. The van der Waals surface area contributed by atoms with Gasteiger partial charge in [0.2, 0.25) is 0 Å². The number of benzene rings is 1. The third kappa shape index (κ3) is 3.11. The van der Waals surface area contributed by atoms with Crippen LogP contribution in [0.2, 0.25) is 0 Å². The zero-order valence-corrected chi connectivity index (χ0v) is 13.7. The van der Waals surface area contributed by atoms with Gasteiger partial charge >= 0.3 is 0 Å². The number of hydrogen-bond acceptors (Lipinski definition) is 4. The summed E-state index contributed by atoms with van der Waals surface area (Å²) in [6, 6.07) is 10.6. The molecule has 1 aromatic carbocycles. The van der Waals surface area contributed by atoms with Crippen molar-refractivity contribution in [2.75, 3.05) is 11.4 Å². The van der Waals surface area contributed by atoms with E-state index in [9.17, 15) is 4.79 Å². The number of fused-ring (bicyclic) bond motifs is 1. The second kappa shape index (κ2) is 6.59. The summed E-state index contributed by atoms with van der Waals surface area (Å²) in [5.41, 5.74) is 3.20. The minimum atomic E-state index is -0.0806. The smallest absolute Gasteiger partial charge is 0.270 e. The molecule has 0 radical (unpaired) electrons. The maximum Gasteiger partial charge on any atom is 0.270 e. The van der Waals surface area contributed by atoms with Crippen molar-refractivity contribution in [1.29, 1.82) is 0 Å². The van der Waals surface area contributed by atoms with E-state index in [0.717, 1.165) is 38.2 Å². The molecule has 124 valence electrons. The fourth-order valence-electron chi connectivity index (χ4n) is 3.66. The van der Waals surface area contributed by atoms with Gasteiger partial charge in [-0.15, -0.1) is 0 Å². The van der Waals surface area contributed by atoms with Crippen LogP contribution in [0.15, 0.2) is 36.7 Å². The molecular formula is C19H22N4O. The lowest BCUT2D eigenvalue weighted by molar-refractivity contribution is 0.0932. The van der Waals surface area contributed by atoms with E-state index < -0.39 is 0 Å². The molecule has 0 atom stereocenters. The number of rotatable bonds is 3. The van der Waals surface area contributed by atoms with Gasteiger partial charge in [-0.05, 0) is 30.4 Å². The number of aromatic nitrogens is 2. The average molecular weight is 322 g/mol. The van der Waals surface area contributed by atoms with Gasteiger partial charge in [-0.25, -0.2) is 9.97 Å². The largest absolute Gasteiger partial charge is 0.352 e. The lowest BCUT2D eigenvalue weighted by Crippen LogP contribution is -2.34. The van der Waals surface area contributed by atoms with Crippen LogP contribution in [0.25, 0.3) is 0 Å². The average Bonchev–Trinajstić information content (AvgIpc) is 3.14. The summed E-state index contributed by atoms with van der Waals surface area (Å²) in [4.78, 5) is 23.2. The van der Waals surface area contributed by atoms with Gasteiger partial charge in [0, 0.05) is 25.2 Å². The Morgan fingerprint density at radius 3 is 2.75 bits per heavy atom. The van der Waals surface area contributed by atoms with Gasteiger partial charge in [0.1, 0.15) is 17.8 Å². The van der Waals surface area contributed by atoms with Crippen LogP contribution < -0.4 is 10.2 Å². The molecule has 0 unspecified atom stereocenters. The molecule has 5 heteroatoms. The van der Waals surface area contributed by atoms with Gasteiger partial charge in [0.25, 0.3) is 5.91 Å². The first kappa shape index (κ1) is 15.1. The molecule has 2 heterocycles. The van der Waals surface area contributed by atoms with Crippen molar-refractivity contribution in [2.45, 2.75) is 44.7 Å². The lowest BCUT2D eigenvalue weighted by Gasteiger charge is -2.29. The molecule has 1 amide bonds. The summed E-state index contributed by atoms with van der Waals surface area (Å²) < 4.78 is 0. The molecule has 24 heavy (non-hydrogen) atoms. The normalized spacial score (nSPS) is 17.6. The van der Waals surface area contributed by atoms with E-state index in [-0.39, 0.29) is 5.91 Å². The molecule has 0 saturated heterocycles. The van der Waals surface area contributed by atoms with Crippen LogP contribution in [0.4, 0.5) is 5.82 Å². The Labute approximate surface area is 142 Å². The predicted octanol–water partition coefficient (Wildman–Crippen LogP) is 2.71. The molecule has 2 aromatic rings. The number of carbonyl (C=O) groups is 1. The van der Waals surface area contributed by atoms with E-state index in [1.165, 1.54) is 30.3 Å². The summed E-state index contributed by atoms with van der Waals surface area (Å²) in [5.74, 6) is 0.749. The van der Waals surface area contributed by atoms with Gasteiger partial charge in [-0.1, -0.05) is 37.1 Å². The maximum absolute atomic E-state index is 12.4. The van der Waals surface area contributed by atoms with Crippen LogP contribution in [0, 0.1) is 0 Å². The Morgan fingerprint density at radius 2 is 1.92 bits per heavy atom. The SMILES string of the molecule is O=C(NC1CCCC1)c1cc(N2CCc3ccccc3C2)ncn1. The van der Waals surface area contributed by atoms with Crippen molar-refractivity contribution in [3.8, 4) is 0 Å². The van der Waals surface area contributed by atoms with Crippen molar-refractivity contribution >= 4 is 11.7 Å². The topological polar surface area (TPSA) is 58.1 Å². The second-order valence-corrected chi connectivity index (χ2v) is 6.66. The fourth-order valence-corrected chi connectivity index (χ4v) is 3.66. The van der Waals surface area contributed by atoms with Crippen LogP contribution in [-0.2, 0) is 13.0 Å². The Balaban J connectivity index is 1.49. The second-order valence-electron chi connectivity index (χ2n) is 6.66. The summed E-state index contributed by atoms with van der Waals surface area (Å²) in [6.45, 7) is 1.74. The molecule has 0 spiro atoms. The van der Waals surface area contributed by atoms with Gasteiger partial charge in [0.15, 0.2) is 0 Å². The molecule has 1 aliphatic carbocycles. The van der Waals surface area contributed by atoms with Crippen molar-refractivity contribution in [3.05, 3.63) is 53.5 Å². The fraction of sp³-hybridized carbons (Fsp3) is 0.421. The summed E-state index contributed by atoms with van der Waals surface area (Å²) >= 11 is 0. The van der Waals surface area contributed by atoms with Crippen molar-refractivity contribution in [1.82, 2.24) is 15.3 Å². The minimum absolute atomic E-state index is 0.0806. The molecular weight excluding hydrogens is 300 g/mol. The Bertz CT molecular complexity index is 740. The van der Waals surface area contributed by atoms with E-state index >= 15 is 0 Å². The van der Waals surface area contributed by atoms with E-state index in [1.807, 2.05) is 6.07 Å². The summed E-state index contributed by atoms with van der Waals surface area (Å²) in [5, 5.41) is 3.09. The predicted molar refractivity (Wildman–Crippen MR) is 93.0 cm³/mol. The van der Waals surface area contributed by atoms with Crippen LogP contribution in [-0.4, -0.2) is 28.5 Å². The van der Waals surface area contributed by atoms with Gasteiger partial charge in [-0.3, -0.25) is 4.79 Å². The number of amides is 1. The number of anilines is 1. The Kier molecular flexibility index (Phi) is 4.15. The standard InChI is InChI=1S/C19H22N4O/c24-19(22-16-7-3-4-8-16)17-11-18(21-13-20-17)23-10-9-14-5-1-2-6-15(14)12-23/h1-2,5-6,11,13,16H,3-4,7-10,12H2,(H,22,24). The van der Waals surface area contributed by atoms with Crippen LogP contribution in [0.5, 0.6) is 0 Å². The van der Waals surface area contributed by atoms with Crippen molar-refractivity contribution in [3.63, 3.8) is 0 Å². The Hall–Kier alpha value is -2.43. The van der Waals surface area contributed by atoms with Crippen LogP contribution >= 0.6 is 0 Å². The van der Waals surface area contributed by atoms with E-state index in [0.29, 0.717) is 11.7 Å². The molecule has 5 nitrogen and oxygen atoms in total. The molecule has 0 bridgehead atoms. The Morgan fingerprint density at radius 1 is 1.12 bits per heavy atom. The first-order chi connectivity index (χ1) is 11.8. The summed E-state index contributed by atoms with van der Waals surface area (Å²) in [6.07, 6.45) is 7.06. The minimum Gasteiger partial charge on any atom is -0.352 e. The zero-order chi connectivity index (χ0) is 16.4. The maximum atomic E-state index is 12.4.